The van der Waals surface area contributed by atoms with Crippen LogP contribution in [-0.2, 0) is 4.79 Å². The van der Waals surface area contributed by atoms with Gasteiger partial charge in [0.1, 0.15) is 11.3 Å². The van der Waals surface area contributed by atoms with Gasteiger partial charge in [0.2, 0.25) is 0 Å². The number of aromatic nitrogens is 1. The van der Waals surface area contributed by atoms with Crippen molar-refractivity contribution >= 4 is 38.4 Å². The fraction of sp³-hybridized carbons (Fsp3) is 0.333. The van der Waals surface area contributed by atoms with Crippen molar-refractivity contribution in [3.05, 3.63) is 65.4 Å². The van der Waals surface area contributed by atoms with Gasteiger partial charge in [-0.05, 0) is 31.2 Å². The number of fused-ring (bicyclic) bond motifs is 2. The zero-order valence-corrected chi connectivity index (χ0v) is 17.9. The van der Waals surface area contributed by atoms with E-state index in [0.717, 1.165) is 48.2 Å². The first-order valence-corrected chi connectivity index (χ1v) is 11.4. The number of hydrogen-bond acceptors (Lipinski definition) is 4. The Hall–Kier alpha value is -2.70. The summed E-state index contributed by atoms with van der Waals surface area (Å²) in [6, 6.07) is 18.1. The summed E-state index contributed by atoms with van der Waals surface area (Å²) in [6.07, 6.45) is 2.17. The number of rotatable bonds is 5. The number of carbonyl (C=O) groups excluding carboxylic acids is 1. The molecule has 2 N–H and O–H groups in total. The van der Waals surface area contributed by atoms with Crippen molar-refractivity contribution in [1.29, 1.82) is 0 Å². The van der Waals surface area contributed by atoms with Crippen LogP contribution < -0.4 is 10.2 Å². The Kier molecular flexibility index (Phi) is 5.27. The van der Waals surface area contributed by atoms with E-state index in [2.05, 4.69) is 23.5 Å². The predicted octanol–water partition coefficient (Wildman–Crippen LogP) is 3.68. The Morgan fingerprint density at radius 1 is 1.20 bits per heavy atom. The maximum absolute atomic E-state index is 12.6. The van der Waals surface area contributed by atoms with E-state index in [4.69, 9.17) is 9.40 Å². The van der Waals surface area contributed by atoms with E-state index in [1.807, 2.05) is 54.7 Å². The SMILES string of the molecule is C[C@H](NC(=O)C[NH+]1CCC(c2nc3ccccc3s2)CC1)c1cc2ccccc2o1. The van der Waals surface area contributed by atoms with Crippen LogP contribution >= 0.6 is 11.3 Å². The lowest BCUT2D eigenvalue weighted by Gasteiger charge is -2.28. The molecule has 1 aliphatic heterocycles. The van der Waals surface area contributed by atoms with E-state index in [9.17, 15) is 4.79 Å². The number of furan rings is 1. The van der Waals surface area contributed by atoms with E-state index in [0.29, 0.717) is 12.5 Å². The quantitative estimate of drug-likeness (QED) is 0.518. The first kappa shape index (κ1) is 19.3. The normalized spacial score (nSPS) is 20.4. The summed E-state index contributed by atoms with van der Waals surface area (Å²) in [5.74, 6) is 1.40. The summed E-state index contributed by atoms with van der Waals surface area (Å²) in [7, 11) is 0. The van der Waals surface area contributed by atoms with Crippen LogP contribution in [0.25, 0.3) is 21.2 Å². The van der Waals surface area contributed by atoms with Gasteiger partial charge in [-0.3, -0.25) is 4.79 Å². The van der Waals surface area contributed by atoms with Crippen LogP contribution in [0.5, 0.6) is 0 Å². The lowest BCUT2D eigenvalue weighted by atomic mass is 9.97. The van der Waals surface area contributed by atoms with Crippen LogP contribution in [-0.4, -0.2) is 30.5 Å². The fourth-order valence-corrected chi connectivity index (χ4v) is 5.46. The lowest BCUT2D eigenvalue weighted by molar-refractivity contribution is -0.897. The Morgan fingerprint density at radius 2 is 1.97 bits per heavy atom. The second-order valence-corrected chi connectivity index (χ2v) is 9.26. The van der Waals surface area contributed by atoms with Gasteiger partial charge in [0.15, 0.2) is 6.54 Å². The van der Waals surface area contributed by atoms with E-state index in [-0.39, 0.29) is 11.9 Å². The number of thiazole rings is 1. The monoisotopic (exact) mass is 420 g/mol. The molecule has 1 aliphatic rings. The zero-order valence-electron chi connectivity index (χ0n) is 17.1. The fourth-order valence-electron chi connectivity index (χ4n) is 4.32. The van der Waals surface area contributed by atoms with Gasteiger partial charge in [0, 0.05) is 24.1 Å². The first-order valence-electron chi connectivity index (χ1n) is 10.6. The third-order valence-electron chi connectivity index (χ3n) is 6.01. The topological polar surface area (TPSA) is 59.6 Å². The van der Waals surface area contributed by atoms with Gasteiger partial charge < -0.3 is 14.6 Å². The van der Waals surface area contributed by atoms with Gasteiger partial charge in [0.25, 0.3) is 5.91 Å². The number of hydrogen-bond donors (Lipinski definition) is 2. The standard InChI is InChI=1S/C24H25N3O2S/c1-16(21-14-18-6-2-4-8-20(18)29-21)25-23(28)15-27-12-10-17(11-13-27)24-26-19-7-3-5-9-22(19)30-24/h2-9,14,16-17H,10-13,15H2,1H3,(H,25,28)/p+1/t16-/m0/s1. The molecule has 0 spiro atoms. The molecule has 1 fully saturated rings. The van der Waals surface area contributed by atoms with E-state index >= 15 is 0 Å². The number of quaternary nitrogens is 1. The molecular weight excluding hydrogens is 394 g/mol. The molecule has 6 heteroatoms. The van der Waals surface area contributed by atoms with Crippen molar-refractivity contribution in [1.82, 2.24) is 10.3 Å². The number of piperidine rings is 1. The summed E-state index contributed by atoms with van der Waals surface area (Å²) >= 11 is 1.82. The minimum atomic E-state index is -0.135. The van der Waals surface area contributed by atoms with Crippen LogP contribution in [0.4, 0.5) is 0 Å². The van der Waals surface area contributed by atoms with Crippen molar-refractivity contribution in [2.45, 2.75) is 31.7 Å². The van der Waals surface area contributed by atoms with Crippen LogP contribution in [0.3, 0.4) is 0 Å². The molecule has 0 aliphatic carbocycles. The van der Waals surface area contributed by atoms with Crippen molar-refractivity contribution in [3.8, 4) is 0 Å². The molecule has 0 unspecified atom stereocenters. The highest BCUT2D eigenvalue weighted by molar-refractivity contribution is 7.18. The van der Waals surface area contributed by atoms with Gasteiger partial charge in [-0.25, -0.2) is 4.98 Å². The molecule has 4 aromatic rings. The number of nitrogens with one attached hydrogen (secondary N) is 2. The molecule has 154 valence electrons. The van der Waals surface area contributed by atoms with Gasteiger partial charge in [-0.1, -0.05) is 30.3 Å². The van der Waals surface area contributed by atoms with Crippen LogP contribution in [0.15, 0.2) is 59.0 Å². The maximum atomic E-state index is 12.6. The van der Waals surface area contributed by atoms with Crippen LogP contribution in [0.1, 0.15) is 42.5 Å². The van der Waals surface area contributed by atoms with E-state index in [1.54, 1.807) is 0 Å². The van der Waals surface area contributed by atoms with Crippen molar-refractivity contribution in [2.24, 2.45) is 0 Å². The molecule has 30 heavy (non-hydrogen) atoms. The molecule has 1 amide bonds. The molecule has 0 saturated carbocycles. The Morgan fingerprint density at radius 3 is 2.77 bits per heavy atom. The lowest BCUT2D eigenvalue weighted by Crippen LogP contribution is -3.14. The summed E-state index contributed by atoms with van der Waals surface area (Å²) in [5.41, 5.74) is 1.96. The molecule has 1 saturated heterocycles. The smallest absolute Gasteiger partial charge is 0.275 e. The third-order valence-corrected chi connectivity index (χ3v) is 7.21. The first-order chi connectivity index (χ1) is 14.7. The summed E-state index contributed by atoms with van der Waals surface area (Å²) in [6.45, 7) is 4.50. The average molecular weight is 421 g/mol. The van der Waals surface area contributed by atoms with Crippen LogP contribution in [0, 0.1) is 0 Å². The average Bonchev–Trinajstić information content (AvgIpc) is 3.38. The Labute approximate surface area is 179 Å². The highest BCUT2D eigenvalue weighted by atomic mass is 32.1. The van der Waals surface area contributed by atoms with E-state index < -0.39 is 0 Å². The summed E-state index contributed by atoms with van der Waals surface area (Å²) in [5, 5.41) is 5.42. The second kappa shape index (κ2) is 8.20. The Bertz CT molecular complexity index is 1110. The van der Waals surface area contributed by atoms with E-state index in [1.165, 1.54) is 14.6 Å². The highest BCUT2D eigenvalue weighted by Gasteiger charge is 2.27. The van der Waals surface area contributed by atoms with Crippen molar-refractivity contribution in [2.75, 3.05) is 19.6 Å². The largest absolute Gasteiger partial charge is 0.459 e. The molecule has 2 aromatic carbocycles. The molecule has 2 aromatic heterocycles. The Balaban J connectivity index is 1.14. The zero-order chi connectivity index (χ0) is 20.5. The summed E-state index contributed by atoms with van der Waals surface area (Å²) < 4.78 is 7.15. The van der Waals surface area contributed by atoms with Gasteiger partial charge in [0.05, 0.1) is 34.4 Å². The highest BCUT2D eigenvalue weighted by Crippen LogP contribution is 2.31. The molecule has 0 radical (unpaired) electrons. The van der Waals surface area contributed by atoms with Gasteiger partial charge in [-0.2, -0.15) is 0 Å². The number of amides is 1. The molecule has 3 heterocycles. The van der Waals surface area contributed by atoms with Crippen molar-refractivity contribution in [3.63, 3.8) is 0 Å². The minimum Gasteiger partial charge on any atom is -0.459 e. The molecule has 1 atom stereocenters. The number of likely N-dealkylation sites (tertiary alicyclic amines) is 1. The van der Waals surface area contributed by atoms with Crippen molar-refractivity contribution < 1.29 is 14.1 Å². The maximum Gasteiger partial charge on any atom is 0.275 e. The summed E-state index contributed by atoms with van der Waals surface area (Å²) in [4.78, 5) is 18.8. The number of para-hydroxylation sites is 2. The number of benzene rings is 2. The molecule has 5 rings (SSSR count). The van der Waals surface area contributed by atoms with Gasteiger partial charge >= 0.3 is 0 Å². The second-order valence-electron chi connectivity index (χ2n) is 8.20. The van der Waals surface area contributed by atoms with Crippen LogP contribution in [0.2, 0.25) is 0 Å². The molecular formula is C24H26N3O2S+. The molecule has 5 nitrogen and oxygen atoms in total. The predicted molar refractivity (Wildman–Crippen MR) is 120 cm³/mol. The minimum absolute atomic E-state index is 0.0800. The van der Waals surface area contributed by atoms with Gasteiger partial charge in [-0.15, -0.1) is 11.3 Å². The molecule has 0 bridgehead atoms. The third kappa shape index (κ3) is 3.98. The number of nitrogens with zero attached hydrogens (tertiary/aromatic N) is 1. The number of carbonyl (C=O) groups is 1.